The molecule has 3 rings (SSSR count). The minimum atomic E-state index is -0.823. The topological polar surface area (TPSA) is 52.6 Å². The molecule has 0 N–H and O–H groups in total. The molecule has 0 radical (unpaired) electrons. The Balaban J connectivity index is 2.34. The normalized spacial score (nSPS) is 14.3. The number of benzene rings is 2. The van der Waals surface area contributed by atoms with Crippen LogP contribution in [0.4, 0.5) is 0 Å². The van der Waals surface area contributed by atoms with Gasteiger partial charge in [0.05, 0.1) is 7.11 Å². The molecule has 0 spiro atoms. The average molecular weight is 242 g/mol. The van der Waals surface area contributed by atoms with E-state index in [4.69, 9.17) is 9.47 Å². The van der Waals surface area contributed by atoms with Crippen molar-refractivity contribution in [3.8, 4) is 11.5 Å². The molecule has 1 aliphatic heterocycles. The maximum absolute atomic E-state index is 11.4. The fraction of sp³-hybridized carbons (Fsp3) is 0.143. The van der Waals surface area contributed by atoms with Gasteiger partial charge in [0.2, 0.25) is 5.78 Å². The van der Waals surface area contributed by atoms with E-state index in [-0.39, 0.29) is 6.42 Å². The quantitative estimate of drug-likeness (QED) is 0.435. The summed E-state index contributed by atoms with van der Waals surface area (Å²) in [4.78, 5) is 22.7. The molecule has 0 saturated heterocycles. The molecule has 2 aromatic carbocycles. The highest BCUT2D eigenvalue weighted by Gasteiger charge is 2.29. The summed E-state index contributed by atoms with van der Waals surface area (Å²) in [5, 5.41) is 1.82. The molecule has 0 bridgehead atoms. The Morgan fingerprint density at radius 2 is 2.00 bits per heavy atom. The molecule has 2 aromatic rings. The number of Topliss-reactive ketones (excluding diaryl/α,β-unsaturated/α-hetero) is 1. The number of fused-ring (bicyclic) bond motifs is 2. The first kappa shape index (κ1) is 10.8. The highest BCUT2D eigenvalue weighted by Crippen LogP contribution is 2.40. The molecule has 18 heavy (non-hydrogen) atoms. The van der Waals surface area contributed by atoms with E-state index in [2.05, 4.69) is 0 Å². The van der Waals surface area contributed by atoms with Gasteiger partial charge in [-0.25, -0.2) is 4.79 Å². The highest BCUT2D eigenvalue weighted by molar-refractivity contribution is 6.36. The second-order valence-corrected chi connectivity index (χ2v) is 4.11. The lowest BCUT2D eigenvalue weighted by Crippen LogP contribution is -2.27. The van der Waals surface area contributed by atoms with Crippen LogP contribution < -0.4 is 9.47 Å². The van der Waals surface area contributed by atoms with Crippen LogP contribution in [0.25, 0.3) is 10.8 Å². The second-order valence-electron chi connectivity index (χ2n) is 4.11. The lowest BCUT2D eigenvalue weighted by molar-refractivity contribution is -0.147. The van der Waals surface area contributed by atoms with Gasteiger partial charge in [-0.05, 0) is 11.5 Å². The number of esters is 1. The summed E-state index contributed by atoms with van der Waals surface area (Å²) < 4.78 is 10.4. The first-order valence-corrected chi connectivity index (χ1v) is 5.54. The zero-order valence-corrected chi connectivity index (χ0v) is 9.73. The van der Waals surface area contributed by atoms with Crippen molar-refractivity contribution in [1.82, 2.24) is 0 Å². The van der Waals surface area contributed by atoms with Gasteiger partial charge in [-0.3, -0.25) is 4.79 Å². The van der Waals surface area contributed by atoms with Gasteiger partial charge in [0.25, 0.3) is 0 Å². The Morgan fingerprint density at radius 3 is 2.78 bits per heavy atom. The van der Waals surface area contributed by atoms with Crippen molar-refractivity contribution >= 4 is 22.5 Å². The van der Waals surface area contributed by atoms with E-state index < -0.39 is 11.8 Å². The number of carbonyl (C=O) groups is 2. The number of methoxy groups -OCH3 is 1. The van der Waals surface area contributed by atoms with E-state index in [1.54, 1.807) is 0 Å². The third kappa shape index (κ3) is 1.46. The van der Waals surface area contributed by atoms with Crippen LogP contribution in [-0.2, 0) is 16.0 Å². The highest BCUT2D eigenvalue weighted by atomic mass is 16.6. The third-order valence-corrected chi connectivity index (χ3v) is 3.01. The predicted molar refractivity (Wildman–Crippen MR) is 64.8 cm³/mol. The molecule has 4 nitrogen and oxygen atoms in total. The summed E-state index contributed by atoms with van der Waals surface area (Å²) >= 11 is 0. The summed E-state index contributed by atoms with van der Waals surface area (Å²) in [5.41, 5.74) is 0.690. The molecule has 0 aromatic heterocycles. The molecular formula is C14H10O4. The van der Waals surface area contributed by atoms with Crippen LogP contribution >= 0.6 is 0 Å². The average Bonchev–Trinajstić information content (AvgIpc) is 2.38. The summed E-state index contributed by atoms with van der Waals surface area (Å²) in [7, 11) is 1.52. The van der Waals surface area contributed by atoms with Gasteiger partial charge in [0.15, 0.2) is 11.5 Å². The van der Waals surface area contributed by atoms with Crippen molar-refractivity contribution in [3.63, 3.8) is 0 Å². The first-order chi connectivity index (χ1) is 8.70. The smallest absolute Gasteiger partial charge is 0.380 e. The summed E-state index contributed by atoms with van der Waals surface area (Å²) in [6.07, 6.45) is 0.0648. The van der Waals surface area contributed by atoms with Crippen molar-refractivity contribution in [2.24, 2.45) is 0 Å². The Hall–Kier alpha value is -2.36. The van der Waals surface area contributed by atoms with Gasteiger partial charge < -0.3 is 9.47 Å². The molecule has 0 fully saturated rings. The minimum absolute atomic E-state index is 0.0648. The van der Waals surface area contributed by atoms with Crippen LogP contribution in [0.5, 0.6) is 11.5 Å². The van der Waals surface area contributed by atoms with Gasteiger partial charge >= 0.3 is 5.97 Å². The van der Waals surface area contributed by atoms with Crippen LogP contribution in [0.15, 0.2) is 30.3 Å². The van der Waals surface area contributed by atoms with Crippen molar-refractivity contribution < 1.29 is 19.1 Å². The summed E-state index contributed by atoms with van der Waals surface area (Å²) in [5.74, 6) is -0.485. The SMILES string of the molecule is COc1c2c(cc3ccccc13)CC(=O)C(=O)O2. The van der Waals surface area contributed by atoms with Crippen molar-refractivity contribution in [2.75, 3.05) is 7.11 Å². The molecule has 1 aliphatic rings. The zero-order valence-electron chi connectivity index (χ0n) is 9.73. The number of ketones is 1. The third-order valence-electron chi connectivity index (χ3n) is 3.01. The van der Waals surface area contributed by atoms with Crippen molar-refractivity contribution in [2.45, 2.75) is 6.42 Å². The number of rotatable bonds is 1. The lowest BCUT2D eigenvalue weighted by Gasteiger charge is -2.19. The number of hydrogen-bond acceptors (Lipinski definition) is 4. The maximum Gasteiger partial charge on any atom is 0.380 e. The fourth-order valence-electron chi connectivity index (χ4n) is 2.19. The molecule has 1 heterocycles. The summed E-state index contributed by atoms with van der Waals surface area (Å²) in [6.45, 7) is 0. The number of ether oxygens (including phenoxy) is 2. The molecule has 0 unspecified atom stereocenters. The molecule has 0 aliphatic carbocycles. The van der Waals surface area contributed by atoms with E-state index in [1.165, 1.54) is 7.11 Å². The van der Waals surface area contributed by atoms with E-state index in [9.17, 15) is 9.59 Å². The molecule has 4 heteroatoms. The second kappa shape index (κ2) is 3.84. The van der Waals surface area contributed by atoms with Gasteiger partial charge in [-0.15, -0.1) is 0 Å². The standard InChI is InChI=1S/C14H10O4/c1-17-13-10-5-3-2-4-8(10)6-9-7-11(15)14(16)18-12(9)13/h2-6H,7H2,1H3. The molecule has 0 amide bonds. The van der Waals surface area contributed by atoms with Crippen LogP contribution in [0.3, 0.4) is 0 Å². The monoisotopic (exact) mass is 242 g/mol. The minimum Gasteiger partial charge on any atom is -0.492 e. The Morgan fingerprint density at radius 1 is 1.22 bits per heavy atom. The van der Waals surface area contributed by atoms with E-state index in [1.807, 2.05) is 30.3 Å². The Bertz CT molecular complexity index is 673. The van der Waals surface area contributed by atoms with Crippen molar-refractivity contribution in [3.05, 3.63) is 35.9 Å². The van der Waals surface area contributed by atoms with Crippen LogP contribution in [-0.4, -0.2) is 18.9 Å². The van der Waals surface area contributed by atoms with Gasteiger partial charge in [0, 0.05) is 17.4 Å². The molecular weight excluding hydrogens is 232 g/mol. The number of carbonyl (C=O) groups excluding carboxylic acids is 2. The Kier molecular flexibility index (Phi) is 2.30. The lowest BCUT2D eigenvalue weighted by atomic mass is 9.99. The van der Waals surface area contributed by atoms with Gasteiger partial charge in [-0.2, -0.15) is 0 Å². The predicted octanol–water partition coefficient (Wildman–Crippen LogP) is 1.88. The Labute approximate surface area is 103 Å². The van der Waals surface area contributed by atoms with E-state index in [0.717, 1.165) is 10.8 Å². The summed E-state index contributed by atoms with van der Waals surface area (Å²) in [6, 6.07) is 9.47. The fourth-order valence-corrected chi connectivity index (χ4v) is 2.19. The molecule has 90 valence electrons. The van der Waals surface area contributed by atoms with E-state index >= 15 is 0 Å². The van der Waals surface area contributed by atoms with E-state index in [0.29, 0.717) is 17.1 Å². The van der Waals surface area contributed by atoms with Crippen LogP contribution in [0, 0.1) is 0 Å². The molecule has 0 saturated carbocycles. The largest absolute Gasteiger partial charge is 0.492 e. The van der Waals surface area contributed by atoms with Crippen LogP contribution in [0.1, 0.15) is 5.56 Å². The van der Waals surface area contributed by atoms with Crippen LogP contribution in [0.2, 0.25) is 0 Å². The zero-order chi connectivity index (χ0) is 12.7. The maximum atomic E-state index is 11.4. The molecule has 0 atom stereocenters. The van der Waals surface area contributed by atoms with Gasteiger partial charge in [-0.1, -0.05) is 24.3 Å². The first-order valence-electron chi connectivity index (χ1n) is 5.54. The number of hydrogen-bond donors (Lipinski definition) is 0. The van der Waals surface area contributed by atoms with Crippen molar-refractivity contribution in [1.29, 1.82) is 0 Å². The van der Waals surface area contributed by atoms with Gasteiger partial charge in [0.1, 0.15) is 0 Å².